The molecule has 1 aliphatic rings. The number of aromatic nitrogens is 3. The summed E-state index contributed by atoms with van der Waals surface area (Å²) in [4.78, 5) is 28.1. The normalized spacial score (nSPS) is 20.4. The second-order valence-electron chi connectivity index (χ2n) is 3.43. The van der Waals surface area contributed by atoms with E-state index in [0.29, 0.717) is 23.7 Å². The monoisotopic (exact) mass is 258 g/mol. The fourth-order valence-corrected chi connectivity index (χ4v) is 2.64. The van der Waals surface area contributed by atoms with Gasteiger partial charge in [-0.1, -0.05) is 11.8 Å². The minimum absolute atomic E-state index is 0.00340. The summed E-state index contributed by atoms with van der Waals surface area (Å²) in [7, 11) is 0. The first-order valence-electron chi connectivity index (χ1n) is 4.68. The summed E-state index contributed by atoms with van der Waals surface area (Å²) in [5.74, 6) is 0.373. The van der Waals surface area contributed by atoms with Crippen molar-refractivity contribution in [3.63, 3.8) is 0 Å². The number of hydrogen-bond acceptors (Lipinski definition) is 5. The van der Waals surface area contributed by atoms with E-state index in [1.54, 1.807) is 0 Å². The summed E-state index contributed by atoms with van der Waals surface area (Å²) < 4.78 is 0.311. The topological polar surface area (TPSA) is 81.8 Å². The van der Waals surface area contributed by atoms with Crippen LogP contribution in [0.15, 0.2) is 0 Å². The van der Waals surface area contributed by atoms with Crippen molar-refractivity contribution in [3.8, 4) is 0 Å². The smallest absolute Gasteiger partial charge is 0.230 e. The van der Waals surface area contributed by atoms with Crippen LogP contribution in [0.3, 0.4) is 0 Å². The summed E-state index contributed by atoms with van der Waals surface area (Å²) in [6, 6.07) is 0. The van der Waals surface area contributed by atoms with Crippen LogP contribution in [0.1, 0.15) is 13.3 Å². The Bertz CT molecular complexity index is 480. The highest BCUT2D eigenvalue weighted by Gasteiger charge is 2.33. The molecule has 8 heteroatoms. The molecule has 1 aliphatic heterocycles. The molecule has 1 fully saturated rings. The quantitative estimate of drug-likeness (QED) is 0.769. The molecule has 16 heavy (non-hydrogen) atoms. The summed E-state index contributed by atoms with van der Waals surface area (Å²) >= 11 is 6.00. The Balaban J connectivity index is 2.11. The fraction of sp³-hybridized carbons (Fsp3) is 0.500. The van der Waals surface area contributed by atoms with Gasteiger partial charge in [0.15, 0.2) is 5.12 Å². The maximum absolute atomic E-state index is 11.7. The molecule has 1 aromatic heterocycles. The number of amides is 1. The average molecular weight is 258 g/mol. The molecule has 1 saturated heterocycles. The lowest BCUT2D eigenvalue weighted by molar-refractivity contribution is -0.117. The van der Waals surface area contributed by atoms with Gasteiger partial charge in [0.1, 0.15) is 0 Å². The Morgan fingerprint density at radius 2 is 2.38 bits per heavy atom. The molecule has 1 unspecified atom stereocenters. The zero-order valence-electron chi connectivity index (χ0n) is 8.52. The average Bonchev–Trinajstić information content (AvgIpc) is 2.72. The minimum atomic E-state index is -0.0449. The van der Waals surface area contributed by atoms with Crippen molar-refractivity contribution in [3.05, 3.63) is 4.77 Å². The van der Waals surface area contributed by atoms with Gasteiger partial charge in [-0.05, 0) is 12.2 Å². The van der Waals surface area contributed by atoms with Crippen molar-refractivity contribution >= 4 is 41.0 Å². The summed E-state index contributed by atoms with van der Waals surface area (Å²) in [5.41, 5.74) is 0. The molecule has 2 rings (SSSR count). The lowest BCUT2D eigenvalue weighted by Gasteiger charge is -2.11. The molecule has 0 aromatic carbocycles. The van der Waals surface area contributed by atoms with Gasteiger partial charge in [-0.25, -0.2) is 0 Å². The van der Waals surface area contributed by atoms with Crippen LogP contribution in [-0.2, 0) is 9.59 Å². The summed E-state index contributed by atoms with van der Waals surface area (Å²) in [6.45, 7) is 1.99. The molecule has 6 nitrogen and oxygen atoms in total. The number of aromatic amines is 2. The van der Waals surface area contributed by atoms with E-state index in [4.69, 9.17) is 12.2 Å². The first-order valence-corrected chi connectivity index (χ1v) is 5.97. The van der Waals surface area contributed by atoms with E-state index in [9.17, 15) is 9.59 Å². The Kier molecular flexibility index (Phi) is 3.10. The van der Waals surface area contributed by atoms with Gasteiger partial charge in [-0.2, -0.15) is 4.98 Å². The number of anilines is 1. The third kappa shape index (κ3) is 2.33. The van der Waals surface area contributed by atoms with Gasteiger partial charge in [-0.15, -0.1) is 0 Å². The van der Waals surface area contributed by atoms with E-state index >= 15 is 0 Å². The highest BCUT2D eigenvalue weighted by molar-refractivity contribution is 8.14. The van der Waals surface area contributed by atoms with Crippen molar-refractivity contribution in [2.24, 2.45) is 0 Å². The Hall–Kier alpha value is -1.15. The van der Waals surface area contributed by atoms with Crippen molar-refractivity contribution in [2.45, 2.75) is 18.6 Å². The number of nitrogens with one attached hydrogen (secondary N) is 2. The van der Waals surface area contributed by atoms with Gasteiger partial charge in [0, 0.05) is 25.1 Å². The molecule has 0 aliphatic carbocycles. The van der Waals surface area contributed by atoms with Crippen LogP contribution >= 0.6 is 24.0 Å². The highest BCUT2D eigenvalue weighted by atomic mass is 32.2. The number of thioether (sulfide) groups is 1. The maximum atomic E-state index is 11.7. The molecular formula is C8H10N4O2S2. The van der Waals surface area contributed by atoms with E-state index in [1.807, 2.05) is 0 Å². The molecular weight excluding hydrogens is 248 g/mol. The highest BCUT2D eigenvalue weighted by Crippen LogP contribution is 2.26. The van der Waals surface area contributed by atoms with Crippen LogP contribution in [-0.4, -0.2) is 38.0 Å². The van der Waals surface area contributed by atoms with Crippen molar-refractivity contribution < 1.29 is 9.59 Å². The van der Waals surface area contributed by atoms with Gasteiger partial charge in [0.25, 0.3) is 0 Å². The molecule has 1 aromatic rings. The summed E-state index contributed by atoms with van der Waals surface area (Å²) in [5, 5.41) is 5.38. The predicted octanol–water partition coefficient (Wildman–Crippen LogP) is 0.852. The van der Waals surface area contributed by atoms with Crippen molar-refractivity contribution in [2.75, 3.05) is 11.4 Å². The second kappa shape index (κ2) is 4.38. The SMILES string of the molecule is CC(=O)SC1CC(=O)N(c2nc(=S)[nH][nH]2)C1. The molecule has 0 saturated carbocycles. The molecule has 0 spiro atoms. The van der Waals surface area contributed by atoms with Gasteiger partial charge >= 0.3 is 0 Å². The van der Waals surface area contributed by atoms with Crippen molar-refractivity contribution in [1.82, 2.24) is 15.2 Å². The molecule has 1 amide bonds. The predicted molar refractivity (Wildman–Crippen MR) is 62.8 cm³/mol. The van der Waals surface area contributed by atoms with Gasteiger partial charge < -0.3 is 0 Å². The molecule has 2 heterocycles. The first kappa shape index (κ1) is 11.3. The second-order valence-corrected chi connectivity index (χ2v) is 5.29. The van der Waals surface area contributed by atoms with Crippen LogP contribution in [0.2, 0.25) is 0 Å². The van der Waals surface area contributed by atoms with E-state index in [1.165, 1.54) is 23.6 Å². The van der Waals surface area contributed by atoms with Gasteiger partial charge in [0.2, 0.25) is 16.6 Å². The Labute approximate surface area is 101 Å². The van der Waals surface area contributed by atoms with Crippen LogP contribution in [0.5, 0.6) is 0 Å². The van der Waals surface area contributed by atoms with Crippen molar-refractivity contribution in [1.29, 1.82) is 0 Å². The number of carbonyl (C=O) groups excluding carboxylic acids is 2. The Morgan fingerprint density at radius 3 is 2.94 bits per heavy atom. The van der Waals surface area contributed by atoms with E-state index in [2.05, 4.69) is 15.2 Å². The summed E-state index contributed by atoms with van der Waals surface area (Å²) in [6.07, 6.45) is 0.359. The lowest BCUT2D eigenvalue weighted by atomic mass is 10.4. The molecule has 1 atom stereocenters. The fourth-order valence-electron chi connectivity index (χ4n) is 1.58. The van der Waals surface area contributed by atoms with Crippen LogP contribution in [0.4, 0.5) is 5.95 Å². The Morgan fingerprint density at radius 1 is 1.62 bits per heavy atom. The van der Waals surface area contributed by atoms with Gasteiger partial charge in [0.05, 0.1) is 0 Å². The standard InChI is InChI=1S/C8H10N4O2S2/c1-4(13)16-5-2-6(14)12(3-5)7-9-8(15)11-10-7/h5H,2-3H2,1H3,(H2,9,10,11,15). The maximum Gasteiger partial charge on any atom is 0.230 e. The largest absolute Gasteiger partial charge is 0.288 e. The van der Waals surface area contributed by atoms with Crippen LogP contribution in [0.25, 0.3) is 0 Å². The molecule has 2 N–H and O–H groups in total. The molecule has 86 valence electrons. The van der Waals surface area contributed by atoms with Crippen LogP contribution in [0, 0.1) is 4.77 Å². The van der Waals surface area contributed by atoms with E-state index in [0.717, 1.165) is 0 Å². The number of rotatable bonds is 2. The number of H-pyrrole nitrogens is 2. The molecule has 0 bridgehead atoms. The van der Waals surface area contributed by atoms with Crippen LogP contribution < -0.4 is 4.90 Å². The number of hydrogen-bond donors (Lipinski definition) is 2. The zero-order valence-corrected chi connectivity index (χ0v) is 10.2. The minimum Gasteiger partial charge on any atom is -0.288 e. The van der Waals surface area contributed by atoms with E-state index < -0.39 is 0 Å². The first-order chi connectivity index (χ1) is 7.56. The number of nitrogens with zero attached hydrogens (tertiary/aromatic N) is 2. The number of carbonyl (C=O) groups is 2. The zero-order chi connectivity index (χ0) is 11.7. The van der Waals surface area contributed by atoms with E-state index in [-0.39, 0.29) is 16.3 Å². The third-order valence-corrected chi connectivity index (χ3v) is 3.34. The third-order valence-electron chi connectivity index (χ3n) is 2.17. The lowest BCUT2D eigenvalue weighted by Crippen LogP contribution is -2.26. The van der Waals surface area contributed by atoms with Gasteiger partial charge in [-0.3, -0.25) is 24.7 Å². The molecule has 0 radical (unpaired) electrons.